The molecule has 19 heavy (non-hydrogen) atoms. The van der Waals surface area contributed by atoms with Crippen molar-refractivity contribution in [3.05, 3.63) is 5.92 Å². The molecule has 0 nitrogen and oxygen atoms in total. The number of unbranched alkanes of at least 4 members (excludes halogenated alkanes) is 7. The van der Waals surface area contributed by atoms with Gasteiger partial charge in [-0.2, -0.15) is 0 Å². The van der Waals surface area contributed by atoms with Crippen LogP contribution in [0.2, 0.25) is 0 Å². The summed E-state index contributed by atoms with van der Waals surface area (Å²) >= 11 is 0. The van der Waals surface area contributed by atoms with Gasteiger partial charge in [0.05, 0.1) is 0 Å². The lowest BCUT2D eigenvalue weighted by molar-refractivity contribution is 0.437. The van der Waals surface area contributed by atoms with Crippen molar-refractivity contribution >= 4 is 0 Å². The third-order valence-corrected chi connectivity index (χ3v) is 4.59. The maximum atomic E-state index is 2.38. The smallest absolute Gasteiger partial charge is 0.0272 e. The van der Waals surface area contributed by atoms with Crippen molar-refractivity contribution in [1.82, 2.24) is 0 Å². The molecule has 0 unspecified atom stereocenters. The lowest BCUT2D eigenvalue weighted by Crippen LogP contribution is -2.00. The van der Waals surface area contributed by atoms with Crippen LogP contribution in [-0.2, 0) is 0 Å². The van der Waals surface area contributed by atoms with Crippen LogP contribution in [-0.4, -0.2) is 0 Å². The van der Waals surface area contributed by atoms with Gasteiger partial charge in [-0.1, -0.05) is 91.9 Å². The molecule has 0 amide bonds. The van der Waals surface area contributed by atoms with E-state index in [0.29, 0.717) is 0 Å². The molecule has 0 bridgehead atoms. The van der Waals surface area contributed by atoms with Gasteiger partial charge in [-0.15, -0.1) is 0 Å². The van der Waals surface area contributed by atoms with Crippen molar-refractivity contribution in [2.24, 2.45) is 5.92 Å². The van der Waals surface area contributed by atoms with Crippen molar-refractivity contribution in [2.45, 2.75) is 111 Å². The molecule has 0 atom stereocenters. The summed E-state index contributed by atoms with van der Waals surface area (Å²) in [6, 6.07) is 0. The molecule has 0 aromatic rings. The first kappa shape index (κ1) is 19.0. The Morgan fingerprint density at radius 3 is 1.74 bits per heavy atom. The average molecular weight is 268 g/mol. The molecule has 0 N–H and O–H groups in total. The van der Waals surface area contributed by atoms with E-state index in [1.54, 1.807) is 5.92 Å². The monoisotopic (exact) mass is 267 g/mol. The predicted octanol–water partition coefficient (Wildman–Crippen LogP) is 7.33. The van der Waals surface area contributed by atoms with Crippen molar-refractivity contribution < 1.29 is 0 Å². The molecular weight excluding hydrogens is 228 g/mol. The fraction of sp³-hybridized carbons (Fsp3) is 0.947. The average Bonchev–Trinajstić information content (AvgIpc) is 2.43. The molecular formula is C19H39. The maximum absolute atomic E-state index is 2.38. The molecule has 0 saturated carbocycles. The largest absolute Gasteiger partial charge is 0.0654 e. The molecule has 0 aliphatic carbocycles. The normalized spacial score (nSPS) is 11.7. The first-order valence-electron chi connectivity index (χ1n) is 9.05. The number of hydrogen-bond acceptors (Lipinski definition) is 0. The van der Waals surface area contributed by atoms with Crippen LogP contribution in [0.1, 0.15) is 111 Å². The van der Waals surface area contributed by atoms with Crippen LogP contribution in [0.4, 0.5) is 0 Å². The Bertz CT molecular complexity index is 157. The Morgan fingerprint density at radius 1 is 0.684 bits per heavy atom. The Hall–Kier alpha value is 0. The van der Waals surface area contributed by atoms with Crippen molar-refractivity contribution in [3.8, 4) is 0 Å². The molecule has 0 aromatic heterocycles. The summed E-state index contributed by atoms with van der Waals surface area (Å²) < 4.78 is 0. The Morgan fingerprint density at radius 2 is 1.21 bits per heavy atom. The second-order valence-corrected chi connectivity index (χ2v) is 6.40. The van der Waals surface area contributed by atoms with Gasteiger partial charge in [-0.25, -0.2) is 0 Å². The molecule has 0 aliphatic heterocycles. The van der Waals surface area contributed by atoms with Crippen LogP contribution in [0.5, 0.6) is 0 Å². The van der Waals surface area contributed by atoms with E-state index in [9.17, 15) is 0 Å². The Labute approximate surface area is 123 Å². The molecule has 1 radical (unpaired) electrons. The Kier molecular flexibility index (Phi) is 14.4. The number of rotatable bonds is 14. The molecule has 0 heterocycles. The summed E-state index contributed by atoms with van der Waals surface area (Å²) in [5.74, 6) is 2.71. The standard InChI is InChI=1S/C19H39/c1-5-8-9-10-11-12-13-14-15-18(4)16-17-19(6-2)7-3/h19H,5-17H2,1-4H3. The quantitative estimate of drug-likeness (QED) is 0.289. The summed E-state index contributed by atoms with van der Waals surface area (Å²) in [5.41, 5.74) is 0. The van der Waals surface area contributed by atoms with Crippen LogP contribution in [0, 0.1) is 11.8 Å². The van der Waals surface area contributed by atoms with Gasteiger partial charge < -0.3 is 0 Å². The topological polar surface area (TPSA) is 0 Å². The van der Waals surface area contributed by atoms with Gasteiger partial charge in [-0.05, 0) is 31.1 Å². The highest BCUT2D eigenvalue weighted by atomic mass is 14.1. The summed E-state index contributed by atoms with van der Waals surface area (Å²) in [6.07, 6.45) is 18.4. The summed E-state index contributed by atoms with van der Waals surface area (Å²) in [5, 5.41) is 0. The second kappa shape index (κ2) is 14.4. The fourth-order valence-electron chi connectivity index (χ4n) is 2.83. The van der Waals surface area contributed by atoms with Gasteiger partial charge in [0.1, 0.15) is 0 Å². The van der Waals surface area contributed by atoms with E-state index < -0.39 is 0 Å². The minimum absolute atomic E-state index is 0.966. The highest BCUT2D eigenvalue weighted by molar-refractivity contribution is 4.84. The minimum Gasteiger partial charge on any atom is -0.0654 e. The molecule has 0 saturated heterocycles. The lowest BCUT2D eigenvalue weighted by atomic mass is 9.90. The summed E-state index contributed by atoms with van der Waals surface area (Å²) in [7, 11) is 0. The van der Waals surface area contributed by atoms with E-state index in [2.05, 4.69) is 27.7 Å². The van der Waals surface area contributed by atoms with Crippen LogP contribution in [0.25, 0.3) is 0 Å². The maximum Gasteiger partial charge on any atom is -0.0272 e. The second-order valence-electron chi connectivity index (χ2n) is 6.40. The van der Waals surface area contributed by atoms with Gasteiger partial charge in [0.2, 0.25) is 0 Å². The summed E-state index contributed by atoms with van der Waals surface area (Å²) in [4.78, 5) is 0. The van der Waals surface area contributed by atoms with E-state index in [0.717, 1.165) is 5.92 Å². The van der Waals surface area contributed by atoms with Gasteiger partial charge in [0.25, 0.3) is 0 Å². The zero-order chi connectivity index (χ0) is 14.3. The molecule has 0 rings (SSSR count). The highest BCUT2D eigenvalue weighted by Gasteiger charge is 2.07. The fourth-order valence-corrected chi connectivity index (χ4v) is 2.83. The molecule has 115 valence electrons. The zero-order valence-electron chi connectivity index (χ0n) is 14.3. The molecule has 0 aromatic carbocycles. The van der Waals surface area contributed by atoms with Crippen LogP contribution < -0.4 is 0 Å². The van der Waals surface area contributed by atoms with Crippen molar-refractivity contribution in [3.63, 3.8) is 0 Å². The minimum atomic E-state index is 0.966. The predicted molar refractivity (Wildman–Crippen MR) is 89.5 cm³/mol. The zero-order valence-corrected chi connectivity index (χ0v) is 14.3. The van der Waals surface area contributed by atoms with Crippen molar-refractivity contribution in [1.29, 1.82) is 0 Å². The van der Waals surface area contributed by atoms with Gasteiger partial charge in [0.15, 0.2) is 0 Å². The first-order chi connectivity index (χ1) is 9.24. The third-order valence-electron chi connectivity index (χ3n) is 4.59. The van der Waals surface area contributed by atoms with E-state index in [4.69, 9.17) is 0 Å². The van der Waals surface area contributed by atoms with Crippen LogP contribution in [0.15, 0.2) is 0 Å². The number of hydrogen-bond donors (Lipinski definition) is 0. The van der Waals surface area contributed by atoms with E-state index in [1.807, 2.05) is 0 Å². The third kappa shape index (κ3) is 12.8. The lowest BCUT2D eigenvalue weighted by Gasteiger charge is -2.15. The van der Waals surface area contributed by atoms with E-state index in [-0.39, 0.29) is 0 Å². The molecule has 0 spiro atoms. The van der Waals surface area contributed by atoms with Crippen molar-refractivity contribution in [2.75, 3.05) is 0 Å². The Balaban J connectivity index is 3.26. The van der Waals surface area contributed by atoms with Crippen LogP contribution in [0.3, 0.4) is 0 Å². The van der Waals surface area contributed by atoms with Gasteiger partial charge >= 0.3 is 0 Å². The van der Waals surface area contributed by atoms with E-state index >= 15 is 0 Å². The first-order valence-corrected chi connectivity index (χ1v) is 9.05. The molecule has 0 heteroatoms. The highest BCUT2D eigenvalue weighted by Crippen LogP contribution is 2.23. The molecule has 0 fully saturated rings. The summed E-state index contributed by atoms with van der Waals surface area (Å²) in [6.45, 7) is 9.34. The van der Waals surface area contributed by atoms with Crippen LogP contribution >= 0.6 is 0 Å². The van der Waals surface area contributed by atoms with Gasteiger partial charge in [-0.3, -0.25) is 0 Å². The SMILES string of the molecule is CCCCCCCCCC[C](C)CCC(CC)CC. The van der Waals surface area contributed by atoms with E-state index in [1.165, 1.54) is 83.5 Å². The molecule has 0 aliphatic rings. The van der Waals surface area contributed by atoms with Gasteiger partial charge in [0, 0.05) is 0 Å².